The molecule has 0 radical (unpaired) electrons. The molecule has 23 heteroatoms. The van der Waals surface area contributed by atoms with Crippen LogP contribution in [-0.4, -0.2) is 112 Å². The number of fused-ring (bicyclic) bond motifs is 5. The molecule has 3 aromatic carbocycles. The van der Waals surface area contributed by atoms with E-state index >= 15 is 4.39 Å². The molecule has 22 nitrogen and oxygen atoms in total. The van der Waals surface area contributed by atoms with Crippen LogP contribution in [0.5, 0.6) is 5.75 Å². The van der Waals surface area contributed by atoms with Gasteiger partial charge in [0.25, 0.3) is 23.3 Å². The summed E-state index contributed by atoms with van der Waals surface area (Å²) in [5.41, 5.74) is 1.86. The quantitative estimate of drug-likeness (QED) is 0.0310. The first-order chi connectivity index (χ1) is 38.4. The van der Waals surface area contributed by atoms with E-state index < -0.39 is 90.1 Å². The number of hydrogen-bond acceptors (Lipinski definition) is 14. The standard InChI is InChI=1S/C57H58FN9O13/c1-4-57(78)37-23-42-52-35(28-67(42)55(76)36(37)29-80-56(57)77)51-39(16-15-33-30(2)38(58)24-40(64-52)50(33)51)65-53(74)34-22-32(14-17-43(34)79-3)62-46(70)27-61-54(75)41(21-31-11-7-5-8-12-31)63-47(71)26-60-45(69)25-59-44(68)13-9-6-10-20-66-48(72)18-19-49(66)73/h5,7-8,11-12,14,17-19,22-24,39,41,78H,4,6,9-10,13,15-16,20-21,25-29H2,1-3H3,(H,59,68)(H,60,69)(H,61,75)(H,62,70)(H,63,71)(H,65,74)/t39-,41?,57-/m1/s1. The minimum atomic E-state index is -2.07. The molecule has 8 amide bonds. The van der Waals surface area contributed by atoms with Crippen molar-refractivity contribution in [3.63, 3.8) is 0 Å². The summed E-state index contributed by atoms with van der Waals surface area (Å²) in [5, 5.41) is 27.9. The van der Waals surface area contributed by atoms with Crippen molar-refractivity contribution in [2.24, 2.45) is 0 Å². The number of halogens is 1. The molecule has 80 heavy (non-hydrogen) atoms. The number of aliphatic hydroxyl groups is 1. The average Bonchev–Trinajstić information content (AvgIpc) is 4.14. The minimum Gasteiger partial charge on any atom is -0.496 e. The van der Waals surface area contributed by atoms with Crippen LogP contribution in [0.1, 0.15) is 101 Å². The van der Waals surface area contributed by atoms with Crippen molar-refractivity contribution in [1.82, 2.24) is 41.0 Å². The predicted molar refractivity (Wildman–Crippen MR) is 285 cm³/mol. The van der Waals surface area contributed by atoms with E-state index in [-0.39, 0.29) is 78.9 Å². The van der Waals surface area contributed by atoms with Gasteiger partial charge >= 0.3 is 5.97 Å². The molecule has 416 valence electrons. The van der Waals surface area contributed by atoms with Gasteiger partial charge in [-0.2, -0.15) is 0 Å². The Hall–Kier alpha value is -9.12. The van der Waals surface area contributed by atoms with Crippen LogP contribution >= 0.6 is 0 Å². The fraction of sp³-hybridized carbons (Fsp3) is 0.351. The van der Waals surface area contributed by atoms with Gasteiger partial charge in [-0.25, -0.2) is 14.2 Å². The zero-order valence-corrected chi connectivity index (χ0v) is 44.0. The number of anilines is 1. The van der Waals surface area contributed by atoms with E-state index in [4.69, 9.17) is 14.5 Å². The van der Waals surface area contributed by atoms with Crippen molar-refractivity contribution in [2.45, 2.75) is 96.1 Å². The van der Waals surface area contributed by atoms with E-state index in [0.717, 1.165) is 4.90 Å². The van der Waals surface area contributed by atoms with Crippen molar-refractivity contribution in [3.05, 3.63) is 133 Å². The van der Waals surface area contributed by atoms with Crippen LogP contribution in [-0.2, 0) is 74.7 Å². The number of rotatable bonds is 21. The molecule has 0 saturated carbocycles. The number of carbonyl (C=O) groups is 9. The molecule has 4 aliphatic rings. The number of nitrogens with one attached hydrogen (secondary N) is 6. The predicted octanol–water partition coefficient (Wildman–Crippen LogP) is 2.45. The van der Waals surface area contributed by atoms with Crippen molar-refractivity contribution < 1.29 is 62.1 Å². The third kappa shape index (κ3) is 11.4. The minimum absolute atomic E-state index is 0.0215. The first-order valence-corrected chi connectivity index (χ1v) is 26.2. The molecule has 9 rings (SSSR count). The molecule has 0 saturated heterocycles. The van der Waals surface area contributed by atoms with Gasteiger partial charge in [-0.05, 0) is 85.5 Å². The molecule has 5 heterocycles. The summed E-state index contributed by atoms with van der Waals surface area (Å²) in [6.45, 7) is 1.71. The van der Waals surface area contributed by atoms with Gasteiger partial charge in [0.15, 0.2) is 5.60 Å². The van der Waals surface area contributed by atoms with Crippen LogP contribution in [0, 0.1) is 12.7 Å². The van der Waals surface area contributed by atoms with Crippen molar-refractivity contribution >= 4 is 69.8 Å². The molecule has 7 N–H and O–H groups in total. The van der Waals surface area contributed by atoms with Gasteiger partial charge in [0.1, 0.15) is 24.2 Å². The molecule has 5 aromatic rings. The smallest absolute Gasteiger partial charge is 0.343 e. The molecular weight excluding hydrogens is 1040 g/mol. The van der Waals surface area contributed by atoms with Crippen LogP contribution < -0.4 is 42.2 Å². The highest BCUT2D eigenvalue weighted by molar-refractivity contribution is 6.13. The molecule has 3 aliphatic heterocycles. The van der Waals surface area contributed by atoms with Gasteiger partial charge in [0.05, 0.1) is 67.4 Å². The Kier molecular flexibility index (Phi) is 16.3. The molecule has 0 bridgehead atoms. The Labute approximate surface area is 456 Å². The highest BCUT2D eigenvalue weighted by Crippen LogP contribution is 2.46. The number of imide groups is 1. The van der Waals surface area contributed by atoms with Gasteiger partial charge in [0, 0.05) is 59.8 Å². The summed E-state index contributed by atoms with van der Waals surface area (Å²) in [5.74, 6) is -5.74. The second-order valence-corrected chi connectivity index (χ2v) is 19.9. The molecule has 1 aliphatic carbocycles. The Bertz CT molecular complexity index is 3490. The fourth-order valence-corrected chi connectivity index (χ4v) is 10.6. The highest BCUT2D eigenvalue weighted by Gasteiger charge is 2.46. The Morgan fingerprint density at radius 1 is 0.863 bits per heavy atom. The molecule has 0 spiro atoms. The SMILES string of the molecule is CC[C@]1(O)C(=O)OCc2c1cc1n(c2=O)Cc2c-1nc1cc(F)c(C)c3c1c2[C@H](NC(=O)c1cc(NC(=O)CNC(=O)C(Cc2ccccc2)NC(=O)CNC(=O)CNC(=O)CCCCCN2C(=O)C=CC2=O)ccc1OC)CC3. The summed E-state index contributed by atoms with van der Waals surface area (Å²) in [6.07, 6.45) is 4.70. The van der Waals surface area contributed by atoms with Crippen molar-refractivity contribution in [2.75, 3.05) is 38.6 Å². The maximum atomic E-state index is 15.6. The lowest BCUT2D eigenvalue weighted by Gasteiger charge is -2.31. The van der Waals surface area contributed by atoms with Gasteiger partial charge in [-0.15, -0.1) is 0 Å². The van der Waals surface area contributed by atoms with E-state index in [2.05, 4.69) is 31.9 Å². The topological polar surface area (TPSA) is 303 Å². The van der Waals surface area contributed by atoms with Crippen molar-refractivity contribution in [1.29, 1.82) is 0 Å². The zero-order valence-electron chi connectivity index (χ0n) is 44.0. The number of hydrogen-bond donors (Lipinski definition) is 7. The van der Waals surface area contributed by atoms with Crippen LogP contribution in [0.2, 0.25) is 0 Å². The second-order valence-electron chi connectivity index (χ2n) is 19.9. The summed E-state index contributed by atoms with van der Waals surface area (Å²) in [4.78, 5) is 136. The molecule has 0 fully saturated rings. The van der Waals surface area contributed by atoms with E-state index in [1.54, 1.807) is 50.2 Å². The monoisotopic (exact) mass is 1100 g/mol. The normalized spacial score (nSPS) is 16.9. The van der Waals surface area contributed by atoms with Gasteiger partial charge in [0.2, 0.25) is 29.5 Å². The van der Waals surface area contributed by atoms with E-state index in [1.165, 1.54) is 48.1 Å². The number of benzene rings is 3. The molecular formula is C57H58FN9O13. The zero-order chi connectivity index (χ0) is 57.0. The average molecular weight is 1100 g/mol. The fourth-order valence-electron chi connectivity index (χ4n) is 10.6. The Morgan fingerprint density at radius 3 is 2.33 bits per heavy atom. The third-order valence-electron chi connectivity index (χ3n) is 14.8. The number of unbranched alkanes of at least 4 members (excludes halogenated alkanes) is 2. The van der Waals surface area contributed by atoms with Crippen LogP contribution in [0.3, 0.4) is 0 Å². The van der Waals surface area contributed by atoms with Crippen LogP contribution in [0.25, 0.3) is 22.3 Å². The first kappa shape index (κ1) is 55.6. The number of methoxy groups -OCH3 is 1. The third-order valence-corrected chi connectivity index (χ3v) is 14.8. The Morgan fingerprint density at radius 2 is 1.59 bits per heavy atom. The maximum absolute atomic E-state index is 15.6. The van der Waals surface area contributed by atoms with Crippen LogP contribution in [0.4, 0.5) is 10.1 Å². The number of amides is 8. The highest BCUT2D eigenvalue weighted by atomic mass is 19.1. The number of cyclic esters (lactones) is 1. The second kappa shape index (κ2) is 23.5. The van der Waals surface area contributed by atoms with Gasteiger partial charge < -0.3 is 51.0 Å². The number of aryl methyl sites for hydroxylation is 1. The summed E-state index contributed by atoms with van der Waals surface area (Å²) in [7, 11) is 1.37. The van der Waals surface area contributed by atoms with E-state index in [0.29, 0.717) is 82.2 Å². The number of ether oxygens (including phenoxy) is 2. The molecule has 1 unspecified atom stereocenters. The maximum Gasteiger partial charge on any atom is 0.343 e. The summed E-state index contributed by atoms with van der Waals surface area (Å²) in [6, 6.07) is 14.1. The molecule has 2 aromatic heterocycles. The number of aromatic nitrogens is 2. The number of pyridine rings is 2. The number of esters is 1. The lowest BCUT2D eigenvalue weighted by molar-refractivity contribution is -0.172. The number of carbonyl (C=O) groups excluding carboxylic acids is 9. The van der Waals surface area contributed by atoms with Crippen LogP contribution in [0.15, 0.2) is 77.6 Å². The summed E-state index contributed by atoms with van der Waals surface area (Å²) >= 11 is 0. The van der Waals surface area contributed by atoms with Gasteiger partial charge in [-0.1, -0.05) is 43.7 Å². The van der Waals surface area contributed by atoms with Gasteiger partial charge in [-0.3, -0.25) is 48.1 Å². The largest absolute Gasteiger partial charge is 0.496 e. The first-order valence-electron chi connectivity index (χ1n) is 26.2. The molecule has 3 atom stereocenters. The number of nitrogens with zero attached hydrogens (tertiary/aromatic N) is 3. The van der Waals surface area contributed by atoms with E-state index in [1.807, 2.05) is 0 Å². The van der Waals surface area contributed by atoms with E-state index in [9.17, 15) is 53.1 Å². The summed E-state index contributed by atoms with van der Waals surface area (Å²) < 4.78 is 27.9. The van der Waals surface area contributed by atoms with Crippen molar-refractivity contribution in [3.8, 4) is 17.1 Å². The lowest BCUT2D eigenvalue weighted by atomic mass is 9.81. The lowest BCUT2D eigenvalue weighted by Crippen LogP contribution is -2.52. The Balaban J connectivity index is 0.829.